The lowest BCUT2D eigenvalue weighted by Gasteiger charge is -2.28. The molecule has 9 heavy (non-hydrogen) atoms. The predicted octanol–water partition coefficient (Wildman–Crippen LogP) is 2.05. The third-order valence-corrected chi connectivity index (χ3v) is 2.52. The fourth-order valence-corrected chi connectivity index (χ4v) is 0.596. The van der Waals surface area contributed by atoms with Gasteiger partial charge in [0.15, 0.2) is 0 Å². The summed E-state index contributed by atoms with van der Waals surface area (Å²) in [5.41, 5.74) is 0.300. The molecule has 0 bridgehead atoms. The van der Waals surface area contributed by atoms with Gasteiger partial charge in [-0.3, -0.25) is 0 Å². The van der Waals surface area contributed by atoms with E-state index in [0.29, 0.717) is 17.9 Å². The number of aliphatic hydroxyl groups excluding tert-OH is 1. The molecular weight excluding hydrogens is 112 g/mol. The molecule has 0 heterocycles. The molecule has 1 N–H and O–H groups in total. The summed E-state index contributed by atoms with van der Waals surface area (Å²) >= 11 is 0. The average molecular weight is 130 g/mol. The van der Waals surface area contributed by atoms with E-state index in [4.69, 9.17) is 5.11 Å². The molecule has 1 heteroatoms. The predicted molar refractivity (Wildman–Crippen MR) is 40.3 cm³/mol. The van der Waals surface area contributed by atoms with Crippen molar-refractivity contribution in [2.24, 2.45) is 11.3 Å². The van der Waals surface area contributed by atoms with Crippen molar-refractivity contribution in [3.63, 3.8) is 0 Å². The van der Waals surface area contributed by atoms with Crippen molar-refractivity contribution >= 4 is 0 Å². The fourth-order valence-electron chi connectivity index (χ4n) is 0.596. The summed E-state index contributed by atoms with van der Waals surface area (Å²) in [6, 6.07) is 0. The van der Waals surface area contributed by atoms with E-state index in [1.807, 2.05) is 0 Å². The van der Waals surface area contributed by atoms with Gasteiger partial charge in [-0.15, -0.1) is 0 Å². The molecule has 0 amide bonds. The number of rotatable bonds is 3. The van der Waals surface area contributed by atoms with Crippen molar-refractivity contribution in [1.82, 2.24) is 0 Å². The van der Waals surface area contributed by atoms with E-state index < -0.39 is 0 Å². The van der Waals surface area contributed by atoms with Crippen molar-refractivity contribution < 1.29 is 5.11 Å². The summed E-state index contributed by atoms with van der Waals surface area (Å²) < 4.78 is 0. The lowest BCUT2D eigenvalue weighted by atomic mass is 9.78. The molecule has 0 aromatic heterocycles. The molecule has 0 spiro atoms. The van der Waals surface area contributed by atoms with Crippen LogP contribution in [-0.4, -0.2) is 11.7 Å². The van der Waals surface area contributed by atoms with Gasteiger partial charge in [0.25, 0.3) is 0 Å². The van der Waals surface area contributed by atoms with Crippen LogP contribution in [0.15, 0.2) is 0 Å². The van der Waals surface area contributed by atoms with E-state index in [1.54, 1.807) is 0 Å². The summed E-state index contributed by atoms with van der Waals surface area (Å²) in [7, 11) is 0. The maximum Gasteiger partial charge on any atom is 0.0461 e. The third kappa shape index (κ3) is 2.35. The van der Waals surface area contributed by atoms with E-state index in [1.165, 1.54) is 0 Å². The highest BCUT2D eigenvalue weighted by molar-refractivity contribution is 4.72. The first-order valence-corrected chi connectivity index (χ1v) is 3.65. The van der Waals surface area contributed by atoms with Crippen molar-refractivity contribution in [1.29, 1.82) is 0 Å². The Morgan fingerprint density at radius 3 is 2.00 bits per heavy atom. The first-order valence-electron chi connectivity index (χ1n) is 3.65. The maximum atomic E-state index is 8.80. The van der Waals surface area contributed by atoms with E-state index in [-0.39, 0.29) is 0 Å². The van der Waals surface area contributed by atoms with E-state index >= 15 is 0 Å². The standard InChI is InChI=1S/C8H18O/c1-5-8(3,4)7(2)6-9/h7,9H,5-6H2,1-4H3. The van der Waals surface area contributed by atoms with Crippen LogP contribution in [-0.2, 0) is 0 Å². The first kappa shape index (κ1) is 8.96. The van der Waals surface area contributed by atoms with Crippen molar-refractivity contribution in [2.45, 2.75) is 34.1 Å². The Morgan fingerprint density at radius 2 is 1.89 bits per heavy atom. The van der Waals surface area contributed by atoms with Gasteiger partial charge >= 0.3 is 0 Å². The topological polar surface area (TPSA) is 20.2 Å². The molecule has 56 valence electrons. The molecule has 0 aliphatic heterocycles. The van der Waals surface area contributed by atoms with Gasteiger partial charge in [-0.25, -0.2) is 0 Å². The Balaban J connectivity index is 3.80. The van der Waals surface area contributed by atoms with Crippen LogP contribution < -0.4 is 0 Å². The van der Waals surface area contributed by atoms with Crippen LogP contribution in [0.4, 0.5) is 0 Å². The van der Waals surface area contributed by atoms with Gasteiger partial charge in [0.2, 0.25) is 0 Å². The molecule has 0 radical (unpaired) electrons. The Kier molecular flexibility index (Phi) is 3.20. The lowest BCUT2D eigenvalue weighted by molar-refractivity contribution is 0.127. The van der Waals surface area contributed by atoms with Gasteiger partial charge in [-0.1, -0.05) is 34.1 Å². The minimum absolute atomic E-state index is 0.300. The van der Waals surface area contributed by atoms with Crippen LogP contribution in [0.25, 0.3) is 0 Å². The average Bonchev–Trinajstić information content (AvgIpc) is 1.86. The maximum absolute atomic E-state index is 8.80. The first-order chi connectivity index (χ1) is 4.04. The van der Waals surface area contributed by atoms with E-state index in [9.17, 15) is 0 Å². The largest absolute Gasteiger partial charge is 0.396 e. The van der Waals surface area contributed by atoms with Crippen LogP contribution in [0.2, 0.25) is 0 Å². The van der Waals surface area contributed by atoms with E-state index in [0.717, 1.165) is 6.42 Å². The minimum Gasteiger partial charge on any atom is -0.396 e. The zero-order valence-electron chi connectivity index (χ0n) is 6.94. The van der Waals surface area contributed by atoms with Crippen molar-refractivity contribution in [3.8, 4) is 0 Å². The quantitative estimate of drug-likeness (QED) is 0.620. The number of hydrogen-bond acceptors (Lipinski definition) is 1. The van der Waals surface area contributed by atoms with Crippen LogP contribution in [0, 0.1) is 11.3 Å². The lowest BCUT2D eigenvalue weighted by Crippen LogP contribution is -2.23. The van der Waals surface area contributed by atoms with Crippen LogP contribution in [0.1, 0.15) is 34.1 Å². The highest BCUT2D eigenvalue weighted by atomic mass is 16.3. The Morgan fingerprint density at radius 1 is 1.44 bits per heavy atom. The second kappa shape index (κ2) is 3.21. The zero-order valence-corrected chi connectivity index (χ0v) is 6.94. The normalized spacial score (nSPS) is 15.7. The smallest absolute Gasteiger partial charge is 0.0461 e. The highest BCUT2D eigenvalue weighted by Gasteiger charge is 2.22. The molecule has 1 atom stereocenters. The molecule has 0 aromatic carbocycles. The SMILES string of the molecule is CCC(C)(C)C(C)CO. The third-order valence-electron chi connectivity index (χ3n) is 2.52. The zero-order chi connectivity index (χ0) is 7.49. The fraction of sp³-hybridized carbons (Fsp3) is 1.00. The second-order valence-corrected chi connectivity index (χ2v) is 3.43. The monoisotopic (exact) mass is 130 g/mol. The second-order valence-electron chi connectivity index (χ2n) is 3.43. The molecule has 0 rings (SSSR count). The molecule has 0 saturated heterocycles. The molecule has 0 aromatic rings. The van der Waals surface area contributed by atoms with Crippen molar-refractivity contribution in [2.75, 3.05) is 6.61 Å². The molecule has 1 nitrogen and oxygen atoms in total. The van der Waals surface area contributed by atoms with Crippen LogP contribution >= 0.6 is 0 Å². The highest BCUT2D eigenvalue weighted by Crippen LogP contribution is 2.29. The van der Waals surface area contributed by atoms with Crippen LogP contribution in [0.5, 0.6) is 0 Å². The minimum atomic E-state index is 0.300. The summed E-state index contributed by atoms with van der Waals surface area (Å²) in [4.78, 5) is 0. The van der Waals surface area contributed by atoms with Crippen LogP contribution in [0.3, 0.4) is 0 Å². The van der Waals surface area contributed by atoms with Gasteiger partial charge in [0.05, 0.1) is 0 Å². The molecule has 0 aliphatic rings. The summed E-state index contributed by atoms with van der Waals surface area (Å²) in [5.74, 6) is 0.419. The Bertz CT molecular complexity index is 76.6. The van der Waals surface area contributed by atoms with Gasteiger partial charge in [0.1, 0.15) is 0 Å². The Hall–Kier alpha value is -0.0400. The molecule has 0 aliphatic carbocycles. The van der Waals surface area contributed by atoms with Gasteiger partial charge in [-0.05, 0) is 11.3 Å². The number of aliphatic hydroxyl groups is 1. The summed E-state index contributed by atoms with van der Waals surface area (Å²) in [5, 5.41) is 8.80. The summed E-state index contributed by atoms with van der Waals surface area (Å²) in [6.07, 6.45) is 1.13. The van der Waals surface area contributed by atoms with Gasteiger partial charge in [0, 0.05) is 6.61 Å². The van der Waals surface area contributed by atoms with E-state index in [2.05, 4.69) is 27.7 Å². The molecule has 0 fully saturated rings. The summed E-state index contributed by atoms with van der Waals surface area (Å²) in [6.45, 7) is 8.93. The molecule has 0 saturated carbocycles. The van der Waals surface area contributed by atoms with Gasteiger partial charge in [-0.2, -0.15) is 0 Å². The number of hydrogen-bond donors (Lipinski definition) is 1. The van der Waals surface area contributed by atoms with Gasteiger partial charge < -0.3 is 5.11 Å². The Labute approximate surface area is 58.1 Å². The molecule has 1 unspecified atom stereocenters. The van der Waals surface area contributed by atoms with Crippen molar-refractivity contribution in [3.05, 3.63) is 0 Å². The molecular formula is C8H18O.